The second-order valence-electron chi connectivity index (χ2n) is 6.17. The zero-order valence-corrected chi connectivity index (χ0v) is 14.7. The van der Waals surface area contributed by atoms with Gasteiger partial charge in [0, 0.05) is 5.02 Å². The molecule has 25 heavy (non-hydrogen) atoms. The summed E-state index contributed by atoms with van der Waals surface area (Å²) in [6, 6.07) is 7.01. The third-order valence-electron chi connectivity index (χ3n) is 4.44. The van der Waals surface area contributed by atoms with Gasteiger partial charge in [0.25, 0.3) is 0 Å². The highest BCUT2D eigenvalue weighted by Crippen LogP contribution is 2.26. The fourth-order valence-corrected chi connectivity index (χ4v) is 4.99. The van der Waals surface area contributed by atoms with Gasteiger partial charge in [0.2, 0.25) is 0 Å². The van der Waals surface area contributed by atoms with Gasteiger partial charge in [-0.15, -0.1) is 0 Å². The number of halogens is 1. The maximum atomic E-state index is 12.2. The number of hydrogen-bond donors (Lipinski definition) is 0. The summed E-state index contributed by atoms with van der Waals surface area (Å²) in [6.07, 6.45) is 3.59. The van der Waals surface area contributed by atoms with E-state index in [0.29, 0.717) is 29.0 Å². The molecule has 9 heteroatoms. The van der Waals surface area contributed by atoms with Crippen LogP contribution in [0.5, 0.6) is 0 Å². The Labute approximate surface area is 148 Å². The Morgan fingerprint density at radius 1 is 1.16 bits per heavy atom. The van der Waals surface area contributed by atoms with Crippen LogP contribution in [-0.4, -0.2) is 39.3 Å². The van der Waals surface area contributed by atoms with E-state index in [1.807, 2.05) is 12.1 Å². The smallest absolute Gasteiger partial charge is 0.284 e. The number of sulfone groups is 1. The molecule has 0 bridgehead atoms. The topological polar surface area (TPSA) is 86.8 Å². The molecule has 1 saturated heterocycles. The summed E-state index contributed by atoms with van der Waals surface area (Å²) in [7, 11) is -3.02. The molecule has 1 atom stereocenters. The normalized spacial score (nSPS) is 19.5. The lowest BCUT2D eigenvalue weighted by molar-refractivity contribution is 0.515. The fraction of sp³-hybridized carbons (Fsp3) is 0.312. The van der Waals surface area contributed by atoms with Crippen LogP contribution in [0.3, 0.4) is 0 Å². The Bertz CT molecular complexity index is 1100. The SMILES string of the molecule is O=c1ncc2c(cnn2C2CCS(=O)(=O)C2)n1Cc1ccc(Cl)cc1. The van der Waals surface area contributed by atoms with Gasteiger partial charge in [-0.1, -0.05) is 23.7 Å². The molecule has 0 N–H and O–H groups in total. The van der Waals surface area contributed by atoms with Crippen molar-refractivity contribution in [1.82, 2.24) is 19.3 Å². The van der Waals surface area contributed by atoms with Crippen LogP contribution in [0.15, 0.2) is 41.5 Å². The molecule has 3 heterocycles. The van der Waals surface area contributed by atoms with Gasteiger partial charge in [0.1, 0.15) is 5.52 Å². The molecule has 0 aliphatic carbocycles. The van der Waals surface area contributed by atoms with Crippen LogP contribution in [0.4, 0.5) is 0 Å². The maximum Gasteiger partial charge on any atom is 0.348 e. The predicted octanol–water partition coefficient (Wildman–Crippen LogP) is 1.65. The lowest BCUT2D eigenvalue weighted by Gasteiger charge is -2.11. The highest BCUT2D eigenvalue weighted by molar-refractivity contribution is 7.91. The number of hydrogen-bond acceptors (Lipinski definition) is 5. The first-order valence-electron chi connectivity index (χ1n) is 7.81. The molecular weight excluding hydrogens is 364 g/mol. The van der Waals surface area contributed by atoms with E-state index in [-0.39, 0.29) is 23.2 Å². The van der Waals surface area contributed by atoms with Gasteiger partial charge >= 0.3 is 5.69 Å². The monoisotopic (exact) mass is 378 g/mol. The minimum Gasteiger partial charge on any atom is -0.284 e. The molecule has 1 aromatic carbocycles. The second-order valence-corrected chi connectivity index (χ2v) is 8.84. The molecule has 2 aromatic heterocycles. The summed E-state index contributed by atoms with van der Waals surface area (Å²) >= 11 is 5.90. The van der Waals surface area contributed by atoms with Gasteiger partial charge < -0.3 is 0 Å². The van der Waals surface area contributed by atoms with Crippen molar-refractivity contribution in [2.75, 3.05) is 11.5 Å². The zero-order chi connectivity index (χ0) is 17.6. The zero-order valence-electron chi connectivity index (χ0n) is 13.2. The highest BCUT2D eigenvalue weighted by atomic mass is 35.5. The van der Waals surface area contributed by atoms with Crippen LogP contribution in [0.2, 0.25) is 5.02 Å². The number of rotatable bonds is 3. The molecule has 3 aromatic rings. The Kier molecular flexibility index (Phi) is 3.88. The van der Waals surface area contributed by atoms with Gasteiger partial charge in [0.15, 0.2) is 9.84 Å². The third-order valence-corrected chi connectivity index (χ3v) is 6.44. The third kappa shape index (κ3) is 3.07. The van der Waals surface area contributed by atoms with Crippen LogP contribution in [0.25, 0.3) is 11.0 Å². The molecule has 7 nitrogen and oxygen atoms in total. The van der Waals surface area contributed by atoms with Crippen molar-refractivity contribution in [3.8, 4) is 0 Å². The number of benzene rings is 1. The van der Waals surface area contributed by atoms with Crippen molar-refractivity contribution in [3.63, 3.8) is 0 Å². The molecule has 0 saturated carbocycles. The van der Waals surface area contributed by atoms with Crippen molar-refractivity contribution in [3.05, 3.63) is 57.7 Å². The highest BCUT2D eigenvalue weighted by Gasteiger charge is 2.30. The Hall–Kier alpha value is -2.19. The lowest BCUT2D eigenvalue weighted by Crippen LogP contribution is -2.23. The standard InChI is InChI=1S/C16H15ClN4O3S/c17-12-3-1-11(2-4-12)9-20-14-8-19-21(15(14)7-18-16(20)22)13-5-6-25(23,24)10-13/h1-4,7-8,13H,5-6,9-10H2. The summed E-state index contributed by atoms with van der Waals surface area (Å²) in [5.74, 6) is 0.233. The van der Waals surface area contributed by atoms with E-state index in [9.17, 15) is 13.2 Å². The van der Waals surface area contributed by atoms with E-state index >= 15 is 0 Å². The van der Waals surface area contributed by atoms with E-state index in [2.05, 4.69) is 10.1 Å². The van der Waals surface area contributed by atoms with Crippen LogP contribution < -0.4 is 5.69 Å². The van der Waals surface area contributed by atoms with Gasteiger partial charge in [-0.2, -0.15) is 10.1 Å². The molecule has 4 rings (SSSR count). The molecular formula is C16H15ClN4O3S. The van der Waals surface area contributed by atoms with Crippen molar-refractivity contribution in [1.29, 1.82) is 0 Å². The molecule has 1 aliphatic heterocycles. The first-order valence-corrected chi connectivity index (χ1v) is 10.0. The van der Waals surface area contributed by atoms with Crippen LogP contribution in [0, 0.1) is 0 Å². The summed E-state index contributed by atoms with van der Waals surface area (Å²) in [5.41, 5.74) is 1.84. The van der Waals surface area contributed by atoms with E-state index in [1.165, 1.54) is 10.8 Å². The quantitative estimate of drug-likeness (QED) is 0.691. The Morgan fingerprint density at radius 3 is 2.60 bits per heavy atom. The predicted molar refractivity (Wildman–Crippen MR) is 94.6 cm³/mol. The lowest BCUT2D eigenvalue weighted by atomic mass is 10.2. The van der Waals surface area contributed by atoms with Crippen LogP contribution in [-0.2, 0) is 16.4 Å². The Morgan fingerprint density at radius 2 is 1.92 bits per heavy atom. The van der Waals surface area contributed by atoms with E-state index in [1.54, 1.807) is 23.0 Å². The minimum atomic E-state index is -3.02. The average Bonchev–Trinajstić information content (AvgIpc) is 3.15. The number of aromatic nitrogens is 4. The van der Waals surface area contributed by atoms with Gasteiger partial charge in [-0.25, -0.2) is 13.2 Å². The first-order chi connectivity index (χ1) is 11.9. The molecule has 130 valence electrons. The Balaban J connectivity index is 1.76. The molecule has 0 spiro atoms. The van der Waals surface area contributed by atoms with Gasteiger partial charge in [0.05, 0.1) is 42.0 Å². The molecule has 1 unspecified atom stereocenters. The van der Waals surface area contributed by atoms with Crippen molar-refractivity contribution < 1.29 is 8.42 Å². The van der Waals surface area contributed by atoms with Gasteiger partial charge in [-0.05, 0) is 24.1 Å². The molecule has 0 amide bonds. The van der Waals surface area contributed by atoms with E-state index in [0.717, 1.165) is 5.56 Å². The number of nitrogens with zero attached hydrogens (tertiary/aromatic N) is 4. The summed E-state index contributed by atoms with van der Waals surface area (Å²) < 4.78 is 26.7. The van der Waals surface area contributed by atoms with Crippen LogP contribution in [0.1, 0.15) is 18.0 Å². The van der Waals surface area contributed by atoms with E-state index in [4.69, 9.17) is 11.6 Å². The fourth-order valence-electron chi connectivity index (χ4n) is 3.17. The first kappa shape index (κ1) is 16.3. The molecule has 1 fully saturated rings. The van der Waals surface area contributed by atoms with Crippen molar-refractivity contribution >= 4 is 32.5 Å². The molecule has 1 aliphatic rings. The summed E-state index contributed by atoms with van der Waals surface area (Å²) in [5, 5.41) is 4.96. The second kappa shape index (κ2) is 5.96. The summed E-state index contributed by atoms with van der Waals surface area (Å²) in [4.78, 5) is 16.2. The summed E-state index contributed by atoms with van der Waals surface area (Å²) in [6.45, 7) is 0.342. The van der Waals surface area contributed by atoms with Crippen LogP contribution >= 0.6 is 11.6 Å². The number of fused-ring (bicyclic) bond motifs is 1. The maximum absolute atomic E-state index is 12.2. The largest absolute Gasteiger partial charge is 0.348 e. The van der Waals surface area contributed by atoms with Gasteiger partial charge in [-0.3, -0.25) is 9.25 Å². The van der Waals surface area contributed by atoms with E-state index < -0.39 is 9.84 Å². The average molecular weight is 379 g/mol. The minimum absolute atomic E-state index is 0.0695. The molecule has 0 radical (unpaired) electrons. The van der Waals surface area contributed by atoms with Crippen molar-refractivity contribution in [2.45, 2.75) is 19.0 Å². The van der Waals surface area contributed by atoms with Crippen molar-refractivity contribution in [2.24, 2.45) is 0 Å².